The van der Waals surface area contributed by atoms with E-state index in [0.717, 1.165) is 34.0 Å². The third-order valence-corrected chi connectivity index (χ3v) is 6.75. The monoisotopic (exact) mass is 452 g/mol. The zero-order valence-corrected chi connectivity index (χ0v) is 19.9. The van der Waals surface area contributed by atoms with Crippen LogP contribution in [0.2, 0.25) is 0 Å². The number of allylic oxidation sites excluding steroid dienone is 2. The summed E-state index contributed by atoms with van der Waals surface area (Å²) in [6, 6.07) is 35.9. The lowest BCUT2D eigenvalue weighted by molar-refractivity contribution is 0.465. The van der Waals surface area contributed by atoms with Gasteiger partial charge in [-0.2, -0.15) is 0 Å². The van der Waals surface area contributed by atoms with Crippen molar-refractivity contribution in [3.63, 3.8) is 0 Å². The number of para-hydroxylation sites is 2. The maximum absolute atomic E-state index is 6.59. The molecule has 2 nitrogen and oxygen atoms in total. The summed E-state index contributed by atoms with van der Waals surface area (Å²) in [7, 11) is 0. The van der Waals surface area contributed by atoms with Crippen LogP contribution in [0.3, 0.4) is 0 Å². The summed E-state index contributed by atoms with van der Waals surface area (Å²) in [5, 5.41) is 2.44. The molecule has 0 fully saturated rings. The average Bonchev–Trinajstić information content (AvgIpc) is 2.93. The van der Waals surface area contributed by atoms with Gasteiger partial charge in [-0.3, -0.25) is 0 Å². The highest BCUT2D eigenvalue weighted by molar-refractivity contribution is 6.98. The molecule has 0 atom stereocenters. The first-order chi connectivity index (χ1) is 17.3. The normalized spacial score (nSPS) is 12.6. The maximum atomic E-state index is 6.59. The van der Waals surface area contributed by atoms with Crippen molar-refractivity contribution in [3.05, 3.63) is 115 Å². The van der Waals surface area contributed by atoms with Crippen molar-refractivity contribution in [1.82, 2.24) is 0 Å². The van der Waals surface area contributed by atoms with Crippen molar-refractivity contribution in [2.75, 3.05) is 0 Å². The molecule has 0 N–H and O–H groups in total. The zero-order chi connectivity index (χ0) is 23.8. The van der Waals surface area contributed by atoms with Gasteiger partial charge >= 0.3 is 0 Å². The van der Waals surface area contributed by atoms with Gasteiger partial charge in [0, 0.05) is 11.0 Å². The molecule has 0 aromatic heterocycles. The Kier molecular flexibility index (Phi) is 5.39. The average molecular weight is 452 g/mol. The Morgan fingerprint density at radius 1 is 0.543 bits per heavy atom. The first kappa shape index (κ1) is 21.3. The first-order valence-corrected chi connectivity index (χ1v) is 12.1. The zero-order valence-electron chi connectivity index (χ0n) is 19.9. The van der Waals surface area contributed by atoms with Crippen LogP contribution in [0.5, 0.6) is 23.0 Å². The van der Waals surface area contributed by atoms with Crippen LogP contribution in [0, 0.1) is 0 Å². The van der Waals surface area contributed by atoms with Gasteiger partial charge in [0.1, 0.15) is 23.0 Å². The third kappa shape index (κ3) is 3.52. The van der Waals surface area contributed by atoms with Crippen molar-refractivity contribution in [2.45, 2.75) is 13.8 Å². The van der Waals surface area contributed by atoms with Crippen LogP contribution >= 0.6 is 0 Å². The standard InChI is InChI=1S/C28H17BO2.C4H8/c1-2-10-19-18(8-1)9-7-11-20(19)21-16-17-26-27-28(21)31-25-15-6-4-13-23(25)29(27)22-12-3-5-14-24(22)30-26;1-3-4-2/h1-17H;3-4H,1-2H3/b;4-3-. The Balaban J connectivity index is 0.000000534. The van der Waals surface area contributed by atoms with Crippen LogP contribution in [-0.4, -0.2) is 6.71 Å². The molecule has 0 saturated heterocycles. The van der Waals surface area contributed by atoms with E-state index in [2.05, 4.69) is 91.0 Å². The van der Waals surface area contributed by atoms with E-state index in [-0.39, 0.29) is 6.71 Å². The molecule has 0 aliphatic carbocycles. The lowest BCUT2D eigenvalue weighted by Crippen LogP contribution is -2.57. The molecule has 0 unspecified atom stereocenters. The Bertz CT molecular complexity index is 1560. The van der Waals surface area contributed by atoms with E-state index in [1.165, 1.54) is 27.3 Å². The summed E-state index contributed by atoms with van der Waals surface area (Å²) in [4.78, 5) is 0. The van der Waals surface area contributed by atoms with Crippen molar-refractivity contribution < 1.29 is 9.47 Å². The summed E-state index contributed by atoms with van der Waals surface area (Å²) in [6.45, 7) is 4.09. The molecule has 35 heavy (non-hydrogen) atoms. The molecule has 0 amide bonds. The molecule has 3 heteroatoms. The molecule has 2 heterocycles. The minimum atomic E-state index is 0.0924. The van der Waals surface area contributed by atoms with Gasteiger partial charge in [-0.1, -0.05) is 91.0 Å². The van der Waals surface area contributed by atoms with E-state index in [4.69, 9.17) is 9.47 Å². The van der Waals surface area contributed by atoms with Crippen molar-refractivity contribution in [3.8, 4) is 34.1 Å². The molecule has 7 rings (SSSR count). The molecule has 168 valence electrons. The van der Waals surface area contributed by atoms with Gasteiger partial charge in [0.25, 0.3) is 6.71 Å². The van der Waals surface area contributed by atoms with Gasteiger partial charge in [-0.25, -0.2) is 0 Å². The summed E-state index contributed by atoms with van der Waals surface area (Å²) >= 11 is 0. The molecule has 5 aromatic rings. The lowest BCUT2D eigenvalue weighted by Gasteiger charge is -2.34. The highest BCUT2D eigenvalue weighted by Gasteiger charge is 2.40. The van der Waals surface area contributed by atoms with Gasteiger partial charge in [-0.15, -0.1) is 0 Å². The highest BCUT2D eigenvalue weighted by Crippen LogP contribution is 2.42. The van der Waals surface area contributed by atoms with Gasteiger partial charge in [0.15, 0.2) is 0 Å². The highest BCUT2D eigenvalue weighted by atomic mass is 16.5. The van der Waals surface area contributed by atoms with Crippen molar-refractivity contribution in [2.24, 2.45) is 0 Å². The Labute approximate surface area is 206 Å². The van der Waals surface area contributed by atoms with E-state index in [1.807, 2.05) is 38.1 Å². The minimum Gasteiger partial charge on any atom is -0.458 e. The van der Waals surface area contributed by atoms with Gasteiger partial charge in [-0.05, 0) is 65.4 Å². The second-order valence-corrected chi connectivity index (χ2v) is 8.76. The number of rotatable bonds is 1. The largest absolute Gasteiger partial charge is 0.458 e. The molecular weight excluding hydrogens is 427 g/mol. The maximum Gasteiger partial charge on any atom is 0.260 e. The number of hydrogen-bond donors (Lipinski definition) is 0. The SMILES string of the molecule is C/C=C\C.c1ccc2c(c1)Oc1ccc(-c3cccc4ccccc34)c3c1B2c1ccccc1O3. The summed E-state index contributed by atoms with van der Waals surface area (Å²) in [5.74, 6) is 3.60. The van der Waals surface area contributed by atoms with Crippen LogP contribution in [0.15, 0.2) is 115 Å². The van der Waals surface area contributed by atoms with Gasteiger partial charge in [0.2, 0.25) is 0 Å². The number of fused-ring (bicyclic) bond motifs is 5. The molecule has 0 spiro atoms. The number of benzene rings is 5. The quantitative estimate of drug-likeness (QED) is 0.201. The molecule has 2 aliphatic heterocycles. The number of hydrogen-bond acceptors (Lipinski definition) is 2. The Morgan fingerprint density at radius 2 is 1.17 bits per heavy atom. The van der Waals surface area contributed by atoms with Crippen LogP contribution in [0.25, 0.3) is 21.9 Å². The molecule has 0 bridgehead atoms. The van der Waals surface area contributed by atoms with Crippen LogP contribution in [0.1, 0.15) is 13.8 Å². The predicted molar refractivity (Wildman–Crippen MR) is 148 cm³/mol. The lowest BCUT2D eigenvalue weighted by atomic mass is 9.34. The molecule has 5 aromatic carbocycles. The molecular formula is C32H25BO2. The van der Waals surface area contributed by atoms with E-state index in [1.54, 1.807) is 0 Å². The fourth-order valence-corrected chi connectivity index (χ4v) is 5.06. The van der Waals surface area contributed by atoms with Crippen LogP contribution in [-0.2, 0) is 0 Å². The van der Waals surface area contributed by atoms with E-state index >= 15 is 0 Å². The third-order valence-electron chi connectivity index (χ3n) is 6.75. The van der Waals surface area contributed by atoms with Crippen LogP contribution in [0.4, 0.5) is 0 Å². The summed E-state index contributed by atoms with van der Waals surface area (Å²) < 4.78 is 12.9. The van der Waals surface area contributed by atoms with Crippen molar-refractivity contribution >= 4 is 33.9 Å². The van der Waals surface area contributed by atoms with E-state index in [9.17, 15) is 0 Å². The van der Waals surface area contributed by atoms with Crippen LogP contribution < -0.4 is 25.9 Å². The van der Waals surface area contributed by atoms with Crippen molar-refractivity contribution in [1.29, 1.82) is 0 Å². The molecule has 0 saturated carbocycles. The van der Waals surface area contributed by atoms with Gasteiger partial charge in [0.05, 0.1) is 0 Å². The number of ether oxygens (including phenoxy) is 2. The Morgan fingerprint density at radius 3 is 1.91 bits per heavy atom. The smallest absolute Gasteiger partial charge is 0.260 e. The van der Waals surface area contributed by atoms with Gasteiger partial charge < -0.3 is 9.47 Å². The Hall–Kier alpha value is -4.24. The fraction of sp³-hybridized carbons (Fsp3) is 0.0625. The fourth-order valence-electron chi connectivity index (χ4n) is 5.06. The molecule has 0 radical (unpaired) electrons. The second-order valence-electron chi connectivity index (χ2n) is 8.76. The summed E-state index contributed by atoms with van der Waals surface area (Å²) in [5.41, 5.74) is 5.75. The predicted octanol–water partition coefficient (Wildman–Crippen LogP) is 6.82. The summed E-state index contributed by atoms with van der Waals surface area (Å²) in [6.07, 6.45) is 4.00. The van der Waals surface area contributed by atoms with E-state index < -0.39 is 0 Å². The van der Waals surface area contributed by atoms with E-state index in [0.29, 0.717) is 0 Å². The second kappa shape index (κ2) is 8.85. The first-order valence-electron chi connectivity index (χ1n) is 12.1. The molecule has 2 aliphatic rings. The topological polar surface area (TPSA) is 18.5 Å². The minimum absolute atomic E-state index is 0.0924.